The molecule has 0 aliphatic carbocycles. The lowest BCUT2D eigenvalue weighted by molar-refractivity contribution is 0.754. The highest BCUT2D eigenvalue weighted by Gasteiger charge is 2.03. The van der Waals surface area contributed by atoms with Crippen LogP contribution in [0.25, 0.3) is 0 Å². The van der Waals surface area contributed by atoms with Crippen LogP contribution < -0.4 is 16.8 Å². The molecule has 2 rings (SSSR count). The van der Waals surface area contributed by atoms with Gasteiger partial charge in [-0.1, -0.05) is 30.3 Å². The third-order valence-corrected chi connectivity index (χ3v) is 2.56. The number of nitrogen functional groups attached to an aromatic ring is 1. The Morgan fingerprint density at radius 3 is 2.24 bits per heavy atom. The van der Waals surface area contributed by atoms with Crippen LogP contribution in [-0.4, -0.2) is 6.17 Å². The highest BCUT2D eigenvalue weighted by atomic mass is 15.0. The first kappa shape index (κ1) is 11.5. The van der Waals surface area contributed by atoms with Gasteiger partial charge in [-0.15, -0.1) is 0 Å². The first-order valence-corrected chi connectivity index (χ1v) is 5.65. The molecule has 2 aromatic carbocycles. The quantitative estimate of drug-likeness (QED) is 0.554. The molecule has 0 saturated heterocycles. The molecule has 1 unspecified atom stereocenters. The Hall–Kier alpha value is -2.00. The number of rotatable bonds is 4. The van der Waals surface area contributed by atoms with E-state index in [0.717, 1.165) is 17.8 Å². The van der Waals surface area contributed by atoms with Crippen molar-refractivity contribution in [1.82, 2.24) is 0 Å². The van der Waals surface area contributed by atoms with Gasteiger partial charge in [-0.2, -0.15) is 0 Å². The Morgan fingerprint density at radius 2 is 1.59 bits per heavy atom. The van der Waals surface area contributed by atoms with Crippen LogP contribution in [0.3, 0.4) is 0 Å². The van der Waals surface area contributed by atoms with E-state index < -0.39 is 0 Å². The fraction of sp³-hybridized carbons (Fsp3) is 0.143. The average Bonchev–Trinajstić information content (AvgIpc) is 2.33. The first-order chi connectivity index (χ1) is 8.24. The lowest BCUT2D eigenvalue weighted by Gasteiger charge is -2.15. The van der Waals surface area contributed by atoms with Crippen molar-refractivity contribution in [2.24, 2.45) is 5.73 Å². The van der Waals surface area contributed by atoms with Gasteiger partial charge in [0.15, 0.2) is 0 Å². The van der Waals surface area contributed by atoms with Gasteiger partial charge in [0.1, 0.15) is 0 Å². The van der Waals surface area contributed by atoms with E-state index in [1.807, 2.05) is 54.6 Å². The van der Waals surface area contributed by atoms with Gasteiger partial charge in [0, 0.05) is 17.8 Å². The molecule has 3 nitrogen and oxygen atoms in total. The predicted octanol–water partition coefficient (Wildman–Crippen LogP) is 2.21. The molecule has 0 spiro atoms. The van der Waals surface area contributed by atoms with Crippen LogP contribution in [0.2, 0.25) is 0 Å². The van der Waals surface area contributed by atoms with Crippen molar-refractivity contribution in [3.63, 3.8) is 0 Å². The van der Waals surface area contributed by atoms with Gasteiger partial charge < -0.3 is 16.8 Å². The van der Waals surface area contributed by atoms with Gasteiger partial charge in [0.05, 0.1) is 6.17 Å². The molecule has 3 heteroatoms. The lowest BCUT2D eigenvalue weighted by Crippen LogP contribution is -2.31. The minimum Gasteiger partial charge on any atom is -0.399 e. The lowest BCUT2D eigenvalue weighted by atomic mass is 10.1. The first-order valence-electron chi connectivity index (χ1n) is 5.65. The summed E-state index contributed by atoms with van der Waals surface area (Å²) in [5, 5.41) is 3.25. The van der Waals surface area contributed by atoms with Gasteiger partial charge in [-0.3, -0.25) is 0 Å². The molecule has 0 heterocycles. The zero-order valence-corrected chi connectivity index (χ0v) is 9.64. The predicted molar refractivity (Wildman–Crippen MR) is 72.6 cm³/mol. The summed E-state index contributed by atoms with van der Waals surface area (Å²) in [6.07, 6.45) is 0.677. The molecule has 5 N–H and O–H groups in total. The molecule has 0 radical (unpaired) electrons. The van der Waals surface area contributed by atoms with E-state index in [1.165, 1.54) is 5.56 Å². The summed E-state index contributed by atoms with van der Waals surface area (Å²) < 4.78 is 0. The van der Waals surface area contributed by atoms with Crippen molar-refractivity contribution in [2.45, 2.75) is 12.6 Å². The molecule has 88 valence electrons. The summed E-state index contributed by atoms with van der Waals surface area (Å²) in [5.41, 5.74) is 14.7. The molecular formula is C14H17N3. The third-order valence-electron chi connectivity index (χ3n) is 2.56. The van der Waals surface area contributed by atoms with E-state index in [-0.39, 0.29) is 6.17 Å². The number of nitrogens with two attached hydrogens (primary N) is 2. The van der Waals surface area contributed by atoms with E-state index in [0.29, 0.717) is 0 Å². The minimum absolute atomic E-state index is 0.0963. The highest BCUT2D eigenvalue weighted by Crippen LogP contribution is 2.10. The summed E-state index contributed by atoms with van der Waals surface area (Å²) in [6, 6.07) is 17.7. The summed E-state index contributed by atoms with van der Waals surface area (Å²) in [6.45, 7) is 0. The largest absolute Gasteiger partial charge is 0.399 e. The van der Waals surface area contributed by atoms with Crippen molar-refractivity contribution >= 4 is 11.4 Å². The molecule has 0 fully saturated rings. The Kier molecular flexibility index (Phi) is 3.62. The summed E-state index contributed by atoms with van der Waals surface area (Å²) in [5.74, 6) is 0. The SMILES string of the molecule is Nc1ccc(CC(N)Nc2ccccc2)cc1. The Bertz CT molecular complexity index is 451. The van der Waals surface area contributed by atoms with Crippen molar-refractivity contribution < 1.29 is 0 Å². The number of para-hydroxylation sites is 1. The van der Waals surface area contributed by atoms with E-state index in [4.69, 9.17) is 11.5 Å². The van der Waals surface area contributed by atoms with Gasteiger partial charge in [0.2, 0.25) is 0 Å². The molecule has 0 aromatic heterocycles. The molecule has 0 saturated carbocycles. The van der Waals surface area contributed by atoms with Crippen LogP contribution in [0.1, 0.15) is 5.56 Å². The fourth-order valence-electron chi connectivity index (χ4n) is 1.71. The van der Waals surface area contributed by atoms with Gasteiger partial charge in [-0.25, -0.2) is 0 Å². The molecule has 17 heavy (non-hydrogen) atoms. The smallest absolute Gasteiger partial charge is 0.0784 e. The fourth-order valence-corrected chi connectivity index (χ4v) is 1.71. The maximum absolute atomic E-state index is 6.03. The summed E-state index contributed by atoms with van der Waals surface area (Å²) in [7, 11) is 0. The zero-order chi connectivity index (χ0) is 12.1. The molecule has 0 bridgehead atoms. The maximum Gasteiger partial charge on any atom is 0.0784 e. The van der Waals surface area contributed by atoms with Gasteiger partial charge in [0.25, 0.3) is 0 Å². The Balaban J connectivity index is 1.93. The van der Waals surface area contributed by atoms with E-state index in [2.05, 4.69) is 5.32 Å². The second kappa shape index (κ2) is 5.37. The highest BCUT2D eigenvalue weighted by molar-refractivity contribution is 5.44. The molecule has 1 atom stereocenters. The second-order valence-corrected chi connectivity index (χ2v) is 4.06. The summed E-state index contributed by atoms with van der Waals surface area (Å²) >= 11 is 0. The van der Waals surface area contributed by atoms with E-state index in [1.54, 1.807) is 0 Å². The van der Waals surface area contributed by atoms with E-state index in [9.17, 15) is 0 Å². The van der Waals surface area contributed by atoms with Gasteiger partial charge in [-0.05, 0) is 29.8 Å². The molecule has 0 aliphatic heterocycles. The van der Waals surface area contributed by atoms with Crippen LogP contribution in [0.15, 0.2) is 54.6 Å². The molecule has 0 aliphatic rings. The van der Waals surface area contributed by atoms with Gasteiger partial charge >= 0.3 is 0 Å². The minimum atomic E-state index is -0.0963. The maximum atomic E-state index is 6.03. The van der Waals surface area contributed by atoms with Crippen LogP contribution in [0, 0.1) is 0 Å². The van der Waals surface area contributed by atoms with Crippen LogP contribution in [0.5, 0.6) is 0 Å². The van der Waals surface area contributed by atoms with Crippen molar-refractivity contribution in [1.29, 1.82) is 0 Å². The van der Waals surface area contributed by atoms with Crippen molar-refractivity contribution in [3.05, 3.63) is 60.2 Å². The monoisotopic (exact) mass is 227 g/mol. The number of hydrogen-bond acceptors (Lipinski definition) is 3. The zero-order valence-electron chi connectivity index (χ0n) is 9.64. The molecular weight excluding hydrogens is 210 g/mol. The second-order valence-electron chi connectivity index (χ2n) is 4.06. The number of nitrogens with one attached hydrogen (secondary N) is 1. The summed E-state index contributed by atoms with van der Waals surface area (Å²) in [4.78, 5) is 0. The van der Waals surface area contributed by atoms with E-state index >= 15 is 0 Å². The Morgan fingerprint density at radius 1 is 0.941 bits per heavy atom. The Labute approximate surface area is 101 Å². The van der Waals surface area contributed by atoms with Crippen LogP contribution >= 0.6 is 0 Å². The number of benzene rings is 2. The van der Waals surface area contributed by atoms with Crippen molar-refractivity contribution in [3.8, 4) is 0 Å². The van der Waals surface area contributed by atoms with Crippen LogP contribution in [-0.2, 0) is 6.42 Å². The van der Waals surface area contributed by atoms with Crippen molar-refractivity contribution in [2.75, 3.05) is 11.1 Å². The standard InChI is InChI=1S/C14H17N3/c15-12-8-6-11(7-9-12)10-14(16)17-13-4-2-1-3-5-13/h1-9,14,17H,10,15-16H2. The average molecular weight is 227 g/mol. The number of hydrogen-bond donors (Lipinski definition) is 3. The normalized spacial score (nSPS) is 12.1. The molecule has 2 aromatic rings. The third kappa shape index (κ3) is 3.50. The topological polar surface area (TPSA) is 64.1 Å². The van der Waals surface area contributed by atoms with Crippen LogP contribution in [0.4, 0.5) is 11.4 Å². The number of anilines is 2. The molecule has 0 amide bonds.